The first-order valence-corrected chi connectivity index (χ1v) is 7.18. The maximum Gasteiger partial charge on any atom is 0.416 e. The Bertz CT molecular complexity index is 594. The molecule has 114 valence electrons. The van der Waals surface area contributed by atoms with Crippen LogP contribution in [0, 0.1) is 0 Å². The SMILES string of the molecule is CC(C)N(Cc1cnc[nH]1)c1cc(Br)cc(C(F)(F)F)c1. The number of anilines is 1. The lowest BCUT2D eigenvalue weighted by Gasteiger charge is -2.29. The van der Waals surface area contributed by atoms with Gasteiger partial charge in [-0.25, -0.2) is 4.98 Å². The van der Waals surface area contributed by atoms with Gasteiger partial charge in [-0.1, -0.05) is 15.9 Å². The van der Waals surface area contributed by atoms with E-state index in [9.17, 15) is 13.2 Å². The highest BCUT2D eigenvalue weighted by Crippen LogP contribution is 2.35. The van der Waals surface area contributed by atoms with Gasteiger partial charge in [0, 0.05) is 22.4 Å². The van der Waals surface area contributed by atoms with E-state index in [0.29, 0.717) is 16.7 Å². The number of halogens is 4. The number of nitrogens with one attached hydrogen (secondary N) is 1. The van der Waals surface area contributed by atoms with Gasteiger partial charge < -0.3 is 9.88 Å². The van der Waals surface area contributed by atoms with E-state index in [1.807, 2.05) is 18.7 Å². The predicted octanol–water partition coefficient (Wildman–Crippen LogP) is 4.61. The Morgan fingerprint density at radius 1 is 1.29 bits per heavy atom. The van der Waals surface area contributed by atoms with Gasteiger partial charge in [0.2, 0.25) is 0 Å². The van der Waals surface area contributed by atoms with Crippen LogP contribution in [0.2, 0.25) is 0 Å². The Balaban J connectivity index is 2.38. The van der Waals surface area contributed by atoms with Crippen LogP contribution < -0.4 is 4.90 Å². The molecule has 2 rings (SSSR count). The molecule has 0 aliphatic heterocycles. The van der Waals surface area contributed by atoms with Crippen molar-refractivity contribution in [2.75, 3.05) is 4.90 Å². The molecule has 21 heavy (non-hydrogen) atoms. The minimum absolute atomic E-state index is 0.0451. The minimum Gasteiger partial charge on any atom is -0.363 e. The number of rotatable bonds is 4. The van der Waals surface area contributed by atoms with Gasteiger partial charge in [-0.15, -0.1) is 0 Å². The molecule has 0 amide bonds. The van der Waals surface area contributed by atoms with Gasteiger partial charge in [-0.05, 0) is 32.0 Å². The molecule has 0 spiro atoms. The summed E-state index contributed by atoms with van der Waals surface area (Å²) < 4.78 is 39.2. The van der Waals surface area contributed by atoms with Gasteiger partial charge in [-0.3, -0.25) is 0 Å². The normalized spacial score (nSPS) is 12.0. The Morgan fingerprint density at radius 3 is 2.52 bits per heavy atom. The zero-order chi connectivity index (χ0) is 15.6. The average molecular weight is 362 g/mol. The van der Waals surface area contributed by atoms with Crippen LogP contribution in [0.3, 0.4) is 0 Å². The third-order valence-corrected chi connectivity index (χ3v) is 3.52. The lowest BCUT2D eigenvalue weighted by Crippen LogP contribution is -2.30. The van der Waals surface area contributed by atoms with E-state index in [1.165, 1.54) is 6.07 Å². The number of alkyl halides is 3. The number of nitrogens with zero attached hydrogens (tertiary/aromatic N) is 2. The molecule has 0 aliphatic rings. The highest BCUT2D eigenvalue weighted by Gasteiger charge is 2.31. The summed E-state index contributed by atoms with van der Waals surface area (Å²) in [4.78, 5) is 8.78. The number of imidazole rings is 1. The highest BCUT2D eigenvalue weighted by atomic mass is 79.9. The average Bonchev–Trinajstić information content (AvgIpc) is 2.86. The molecular formula is C14H15BrF3N3. The zero-order valence-electron chi connectivity index (χ0n) is 11.6. The van der Waals surface area contributed by atoms with Crippen LogP contribution in [-0.2, 0) is 12.7 Å². The van der Waals surface area contributed by atoms with Crippen molar-refractivity contribution in [2.45, 2.75) is 32.6 Å². The molecule has 0 atom stereocenters. The second-order valence-electron chi connectivity index (χ2n) is 4.99. The molecule has 0 saturated carbocycles. The van der Waals surface area contributed by atoms with Gasteiger partial charge >= 0.3 is 6.18 Å². The maximum atomic E-state index is 12.9. The smallest absolute Gasteiger partial charge is 0.363 e. The summed E-state index contributed by atoms with van der Waals surface area (Å²) in [5.74, 6) is 0. The standard InChI is InChI=1S/C14H15BrF3N3/c1-9(2)21(7-12-6-19-8-20-12)13-4-10(14(16,17)18)3-11(15)5-13/h3-6,8-9H,7H2,1-2H3,(H,19,20). The highest BCUT2D eigenvalue weighted by molar-refractivity contribution is 9.10. The number of aromatic nitrogens is 2. The van der Waals surface area contributed by atoms with Crippen molar-refractivity contribution in [1.29, 1.82) is 0 Å². The molecule has 0 radical (unpaired) electrons. The first-order valence-electron chi connectivity index (χ1n) is 6.39. The van der Waals surface area contributed by atoms with Crippen molar-refractivity contribution in [3.63, 3.8) is 0 Å². The van der Waals surface area contributed by atoms with Crippen molar-refractivity contribution in [3.8, 4) is 0 Å². The second-order valence-corrected chi connectivity index (χ2v) is 5.91. The summed E-state index contributed by atoms with van der Waals surface area (Å²) in [6.07, 6.45) is -1.15. The molecule has 1 aromatic heterocycles. The van der Waals surface area contributed by atoms with Gasteiger partial charge in [0.25, 0.3) is 0 Å². The molecule has 1 heterocycles. The Kier molecular flexibility index (Phi) is 4.61. The molecule has 0 aliphatic carbocycles. The van der Waals surface area contributed by atoms with Gasteiger partial charge in [0.1, 0.15) is 0 Å². The van der Waals surface area contributed by atoms with E-state index in [2.05, 4.69) is 25.9 Å². The summed E-state index contributed by atoms with van der Waals surface area (Å²) in [5, 5.41) is 0. The van der Waals surface area contributed by atoms with Crippen molar-refractivity contribution >= 4 is 21.6 Å². The fourth-order valence-corrected chi connectivity index (χ4v) is 2.51. The largest absolute Gasteiger partial charge is 0.416 e. The van der Waals surface area contributed by atoms with Gasteiger partial charge in [0.05, 0.1) is 24.1 Å². The first kappa shape index (κ1) is 15.9. The molecule has 0 saturated heterocycles. The van der Waals surface area contributed by atoms with E-state index in [4.69, 9.17) is 0 Å². The van der Waals surface area contributed by atoms with Crippen molar-refractivity contribution < 1.29 is 13.2 Å². The number of hydrogen-bond acceptors (Lipinski definition) is 2. The quantitative estimate of drug-likeness (QED) is 0.862. The minimum atomic E-state index is -4.37. The molecule has 1 N–H and O–H groups in total. The Hall–Kier alpha value is -1.50. The fraction of sp³-hybridized carbons (Fsp3) is 0.357. The van der Waals surface area contributed by atoms with Crippen molar-refractivity contribution in [1.82, 2.24) is 9.97 Å². The fourth-order valence-electron chi connectivity index (χ4n) is 2.03. The maximum absolute atomic E-state index is 12.9. The van der Waals surface area contributed by atoms with E-state index >= 15 is 0 Å². The summed E-state index contributed by atoms with van der Waals surface area (Å²) in [6.45, 7) is 4.33. The zero-order valence-corrected chi connectivity index (χ0v) is 13.2. The number of hydrogen-bond donors (Lipinski definition) is 1. The second kappa shape index (κ2) is 6.09. The number of aromatic amines is 1. The third kappa shape index (κ3) is 4.00. The predicted molar refractivity (Wildman–Crippen MR) is 79.1 cm³/mol. The molecule has 0 unspecified atom stereocenters. The van der Waals surface area contributed by atoms with Crippen LogP contribution in [-0.4, -0.2) is 16.0 Å². The third-order valence-electron chi connectivity index (χ3n) is 3.06. The van der Waals surface area contributed by atoms with Gasteiger partial charge in [-0.2, -0.15) is 13.2 Å². The first-order chi connectivity index (χ1) is 9.77. The van der Waals surface area contributed by atoms with Crippen LogP contribution in [0.5, 0.6) is 0 Å². The molecular weight excluding hydrogens is 347 g/mol. The summed E-state index contributed by atoms with van der Waals surface area (Å²) in [5.41, 5.74) is 0.695. The number of H-pyrrole nitrogens is 1. The lowest BCUT2D eigenvalue weighted by atomic mass is 10.1. The lowest BCUT2D eigenvalue weighted by molar-refractivity contribution is -0.137. The van der Waals surface area contributed by atoms with E-state index in [0.717, 1.165) is 11.8 Å². The topological polar surface area (TPSA) is 31.9 Å². The van der Waals surface area contributed by atoms with Crippen molar-refractivity contribution in [3.05, 3.63) is 46.5 Å². The molecule has 0 bridgehead atoms. The molecule has 1 aromatic carbocycles. The van der Waals surface area contributed by atoms with E-state index in [1.54, 1.807) is 18.6 Å². The molecule has 0 fully saturated rings. The van der Waals surface area contributed by atoms with Crippen LogP contribution >= 0.6 is 15.9 Å². The van der Waals surface area contributed by atoms with Crippen LogP contribution in [0.4, 0.5) is 18.9 Å². The number of benzene rings is 1. The summed E-state index contributed by atoms with van der Waals surface area (Å²) >= 11 is 3.15. The van der Waals surface area contributed by atoms with Crippen LogP contribution in [0.25, 0.3) is 0 Å². The summed E-state index contributed by atoms with van der Waals surface area (Å²) in [6, 6.07) is 3.98. The van der Waals surface area contributed by atoms with Crippen molar-refractivity contribution in [2.24, 2.45) is 0 Å². The van der Waals surface area contributed by atoms with Gasteiger partial charge in [0.15, 0.2) is 0 Å². The van der Waals surface area contributed by atoms with Crippen LogP contribution in [0.1, 0.15) is 25.1 Å². The Labute approximate surface area is 129 Å². The molecule has 2 aromatic rings. The van der Waals surface area contributed by atoms with Crippen LogP contribution in [0.15, 0.2) is 35.2 Å². The van der Waals surface area contributed by atoms with E-state index in [-0.39, 0.29) is 6.04 Å². The molecule has 3 nitrogen and oxygen atoms in total. The summed E-state index contributed by atoms with van der Waals surface area (Å²) in [7, 11) is 0. The molecule has 7 heteroatoms. The van der Waals surface area contributed by atoms with E-state index < -0.39 is 11.7 Å². The monoisotopic (exact) mass is 361 g/mol. The Morgan fingerprint density at radius 2 is 2.00 bits per heavy atom.